The Morgan fingerprint density at radius 2 is 2.10 bits per heavy atom. The molecule has 1 aliphatic rings. The van der Waals surface area contributed by atoms with Gasteiger partial charge in [-0.3, -0.25) is 4.79 Å². The minimum Gasteiger partial charge on any atom is -0.352 e. The molecule has 0 aliphatic carbocycles. The molecule has 4 heteroatoms. The van der Waals surface area contributed by atoms with Crippen molar-refractivity contribution < 1.29 is 4.79 Å². The number of hydrogen-bond acceptors (Lipinski definition) is 2. The summed E-state index contributed by atoms with van der Waals surface area (Å²) in [6, 6.07) is 10.7. The molecule has 0 aromatic heterocycles. The number of halogens is 1. The van der Waals surface area contributed by atoms with E-state index < -0.39 is 0 Å². The average Bonchev–Trinajstić information content (AvgIpc) is 2.43. The molecule has 1 aromatic rings. The minimum atomic E-state index is 0. The van der Waals surface area contributed by atoms with Crippen molar-refractivity contribution in [3.05, 3.63) is 35.9 Å². The molecule has 0 saturated carbocycles. The fourth-order valence-corrected chi connectivity index (χ4v) is 2.56. The topological polar surface area (TPSA) is 41.1 Å². The first-order chi connectivity index (χ1) is 9.25. The first-order valence-corrected chi connectivity index (χ1v) is 7.29. The summed E-state index contributed by atoms with van der Waals surface area (Å²) in [5, 5.41) is 6.49. The number of amides is 1. The fraction of sp³-hybridized carbons (Fsp3) is 0.562. The van der Waals surface area contributed by atoms with Gasteiger partial charge in [0.1, 0.15) is 0 Å². The van der Waals surface area contributed by atoms with Gasteiger partial charge in [-0.2, -0.15) is 0 Å². The van der Waals surface area contributed by atoms with Crippen LogP contribution in [0.4, 0.5) is 0 Å². The highest BCUT2D eigenvalue weighted by atomic mass is 35.5. The molecule has 1 aromatic carbocycles. The lowest BCUT2D eigenvalue weighted by Crippen LogP contribution is -2.50. The van der Waals surface area contributed by atoms with E-state index in [1.165, 1.54) is 5.56 Å². The van der Waals surface area contributed by atoms with Gasteiger partial charge in [0.15, 0.2) is 0 Å². The summed E-state index contributed by atoms with van der Waals surface area (Å²) in [7, 11) is 0. The van der Waals surface area contributed by atoms with E-state index in [2.05, 4.69) is 29.7 Å². The van der Waals surface area contributed by atoms with E-state index in [4.69, 9.17) is 0 Å². The maximum absolute atomic E-state index is 11.9. The molecule has 1 fully saturated rings. The van der Waals surface area contributed by atoms with Gasteiger partial charge in [-0.25, -0.2) is 0 Å². The second kappa shape index (κ2) is 8.98. The second-order valence-corrected chi connectivity index (χ2v) is 5.48. The zero-order valence-electron chi connectivity index (χ0n) is 12.1. The molecule has 1 heterocycles. The summed E-state index contributed by atoms with van der Waals surface area (Å²) in [4.78, 5) is 11.9. The van der Waals surface area contributed by atoms with Crippen LogP contribution < -0.4 is 10.6 Å². The maximum atomic E-state index is 11.9. The predicted octanol–water partition coefficient (Wildman–Crippen LogP) is 2.55. The van der Waals surface area contributed by atoms with Crippen LogP contribution in [0.25, 0.3) is 0 Å². The summed E-state index contributed by atoms with van der Waals surface area (Å²) in [6.07, 6.45) is 3.67. The van der Waals surface area contributed by atoms with Gasteiger partial charge in [0.25, 0.3) is 0 Å². The Balaban J connectivity index is 0.00000200. The van der Waals surface area contributed by atoms with Gasteiger partial charge in [0.05, 0.1) is 0 Å². The number of piperidine rings is 1. The van der Waals surface area contributed by atoms with Crippen molar-refractivity contribution >= 4 is 18.3 Å². The van der Waals surface area contributed by atoms with Gasteiger partial charge in [-0.05, 0) is 37.3 Å². The zero-order chi connectivity index (χ0) is 13.5. The van der Waals surface area contributed by atoms with Crippen LogP contribution in [0.2, 0.25) is 0 Å². The van der Waals surface area contributed by atoms with Crippen LogP contribution in [0.3, 0.4) is 0 Å². The van der Waals surface area contributed by atoms with Gasteiger partial charge in [-0.15, -0.1) is 12.4 Å². The molecule has 0 radical (unpaired) electrons. The standard InChI is InChI=1S/C16H24N2O.ClH/c1-13-10-11-17-12-15(13)18-16(19)9-5-8-14-6-3-2-4-7-14;/h2-4,6-7,13,15,17H,5,8-12H2,1H3,(H,18,19);1H. The molecule has 0 spiro atoms. The van der Waals surface area contributed by atoms with Crippen LogP contribution in [0.5, 0.6) is 0 Å². The van der Waals surface area contributed by atoms with Crippen LogP contribution in [0, 0.1) is 5.92 Å². The van der Waals surface area contributed by atoms with Crippen molar-refractivity contribution in [1.29, 1.82) is 0 Å². The lowest BCUT2D eigenvalue weighted by atomic mass is 9.94. The first-order valence-electron chi connectivity index (χ1n) is 7.29. The van der Waals surface area contributed by atoms with E-state index in [-0.39, 0.29) is 18.3 Å². The average molecular weight is 297 g/mol. The Morgan fingerprint density at radius 3 is 2.80 bits per heavy atom. The number of hydrogen-bond donors (Lipinski definition) is 2. The number of aryl methyl sites for hydroxylation is 1. The van der Waals surface area contributed by atoms with Crippen molar-refractivity contribution in [3.8, 4) is 0 Å². The normalized spacial score (nSPS) is 21.9. The smallest absolute Gasteiger partial charge is 0.220 e. The Morgan fingerprint density at radius 1 is 1.35 bits per heavy atom. The lowest BCUT2D eigenvalue weighted by Gasteiger charge is -2.30. The van der Waals surface area contributed by atoms with E-state index in [9.17, 15) is 4.79 Å². The van der Waals surface area contributed by atoms with Crippen molar-refractivity contribution in [2.24, 2.45) is 5.92 Å². The summed E-state index contributed by atoms with van der Waals surface area (Å²) in [5.41, 5.74) is 1.31. The SMILES string of the molecule is CC1CCNCC1NC(=O)CCCc1ccccc1.Cl. The highest BCUT2D eigenvalue weighted by Gasteiger charge is 2.22. The Bertz CT molecular complexity index is 397. The zero-order valence-corrected chi connectivity index (χ0v) is 12.9. The third kappa shape index (κ3) is 5.51. The lowest BCUT2D eigenvalue weighted by molar-refractivity contribution is -0.122. The molecular formula is C16H25ClN2O. The molecule has 2 unspecified atom stereocenters. The Kier molecular flexibility index (Phi) is 7.63. The summed E-state index contributed by atoms with van der Waals surface area (Å²) >= 11 is 0. The van der Waals surface area contributed by atoms with Crippen molar-refractivity contribution in [3.63, 3.8) is 0 Å². The van der Waals surface area contributed by atoms with Crippen LogP contribution >= 0.6 is 12.4 Å². The molecule has 2 N–H and O–H groups in total. The summed E-state index contributed by atoms with van der Waals surface area (Å²) in [6.45, 7) is 4.20. The molecule has 1 saturated heterocycles. The highest BCUT2D eigenvalue weighted by Crippen LogP contribution is 2.11. The predicted molar refractivity (Wildman–Crippen MR) is 85.2 cm³/mol. The van der Waals surface area contributed by atoms with E-state index in [0.717, 1.165) is 32.4 Å². The van der Waals surface area contributed by atoms with Gasteiger partial charge in [0.2, 0.25) is 5.91 Å². The van der Waals surface area contributed by atoms with E-state index in [1.54, 1.807) is 0 Å². The van der Waals surface area contributed by atoms with Crippen LogP contribution in [-0.4, -0.2) is 25.0 Å². The molecule has 2 atom stereocenters. The van der Waals surface area contributed by atoms with E-state index in [1.807, 2.05) is 18.2 Å². The van der Waals surface area contributed by atoms with Crippen LogP contribution in [0.1, 0.15) is 31.7 Å². The number of carbonyl (C=O) groups excluding carboxylic acids is 1. The molecular weight excluding hydrogens is 272 g/mol. The third-order valence-electron chi connectivity index (χ3n) is 3.89. The number of benzene rings is 1. The molecule has 0 bridgehead atoms. The molecule has 3 nitrogen and oxygen atoms in total. The van der Waals surface area contributed by atoms with Crippen LogP contribution in [-0.2, 0) is 11.2 Å². The largest absolute Gasteiger partial charge is 0.352 e. The number of rotatable bonds is 5. The van der Waals surface area contributed by atoms with E-state index in [0.29, 0.717) is 18.4 Å². The molecule has 1 amide bonds. The fourth-order valence-electron chi connectivity index (χ4n) is 2.56. The maximum Gasteiger partial charge on any atom is 0.220 e. The van der Waals surface area contributed by atoms with Gasteiger partial charge in [-0.1, -0.05) is 37.3 Å². The summed E-state index contributed by atoms with van der Waals surface area (Å²) < 4.78 is 0. The number of carbonyl (C=O) groups is 1. The molecule has 2 rings (SSSR count). The Labute approximate surface area is 127 Å². The van der Waals surface area contributed by atoms with Crippen molar-refractivity contribution in [1.82, 2.24) is 10.6 Å². The quantitative estimate of drug-likeness (QED) is 0.877. The Hall–Kier alpha value is -1.06. The van der Waals surface area contributed by atoms with Gasteiger partial charge < -0.3 is 10.6 Å². The van der Waals surface area contributed by atoms with Crippen molar-refractivity contribution in [2.75, 3.05) is 13.1 Å². The second-order valence-electron chi connectivity index (χ2n) is 5.48. The van der Waals surface area contributed by atoms with Crippen LogP contribution in [0.15, 0.2) is 30.3 Å². The minimum absolute atomic E-state index is 0. The van der Waals surface area contributed by atoms with Gasteiger partial charge in [0, 0.05) is 19.0 Å². The highest BCUT2D eigenvalue weighted by molar-refractivity contribution is 5.85. The number of nitrogens with one attached hydrogen (secondary N) is 2. The van der Waals surface area contributed by atoms with E-state index >= 15 is 0 Å². The third-order valence-corrected chi connectivity index (χ3v) is 3.89. The molecule has 20 heavy (non-hydrogen) atoms. The molecule has 112 valence electrons. The van der Waals surface area contributed by atoms with Crippen molar-refractivity contribution in [2.45, 2.75) is 38.6 Å². The summed E-state index contributed by atoms with van der Waals surface area (Å²) in [5.74, 6) is 0.774. The molecule has 1 aliphatic heterocycles. The monoisotopic (exact) mass is 296 g/mol. The first kappa shape index (κ1) is 17.0. The van der Waals surface area contributed by atoms with Gasteiger partial charge >= 0.3 is 0 Å².